The Morgan fingerprint density at radius 2 is 1.70 bits per heavy atom. The van der Waals surface area contributed by atoms with E-state index in [0.717, 1.165) is 36.0 Å². The molecule has 3 heterocycles. The number of aromatic nitrogens is 3. The van der Waals surface area contributed by atoms with Crippen LogP contribution in [0.3, 0.4) is 0 Å². The van der Waals surface area contributed by atoms with Gasteiger partial charge in [-0.1, -0.05) is 18.2 Å². The van der Waals surface area contributed by atoms with Gasteiger partial charge in [0.15, 0.2) is 9.84 Å². The van der Waals surface area contributed by atoms with Crippen LogP contribution in [-0.2, 0) is 20.3 Å². The summed E-state index contributed by atoms with van der Waals surface area (Å²) in [5.74, 6) is -4.15. The first-order valence-corrected chi connectivity index (χ1v) is 14.1. The third-order valence-electron chi connectivity index (χ3n) is 5.98. The molecule has 0 bridgehead atoms. The van der Waals surface area contributed by atoms with Crippen molar-refractivity contribution in [3.05, 3.63) is 82.0 Å². The molecule has 1 saturated heterocycles. The molecule has 4 aromatic rings. The monoisotopic (exact) mass is 565 g/mol. The van der Waals surface area contributed by atoms with Crippen molar-refractivity contribution in [1.82, 2.24) is 15.0 Å². The van der Waals surface area contributed by atoms with Gasteiger partial charge < -0.3 is 4.74 Å². The van der Waals surface area contributed by atoms with Crippen LogP contribution in [0.4, 0.5) is 13.2 Å². The molecule has 2 aromatic heterocycles. The quantitative estimate of drug-likeness (QED) is 0.259. The second-order valence-electron chi connectivity index (χ2n) is 8.42. The van der Waals surface area contributed by atoms with Crippen LogP contribution in [0.2, 0.25) is 5.28 Å². The van der Waals surface area contributed by atoms with E-state index in [4.69, 9.17) is 21.3 Å². The molecule has 0 saturated carbocycles. The summed E-state index contributed by atoms with van der Waals surface area (Å²) in [7, 11) is -4.54. The van der Waals surface area contributed by atoms with Crippen LogP contribution in [0.25, 0.3) is 21.8 Å². The minimum Gasteiger partial charge on any atom is -0.381 e. The van der Waals surface area contributed by atoms with Gasteiger partial charge in [0.25, 0.3) is 0 Å². The lowest BCUT2D eigenvalue weighted by Crippen LogP contribution is -2.13. The van der Waals surface area contributed by atoms with Crippen LogP contribution in [-0.4, -0.2) is 36.6 Å². The van der Waals surface area contributed by atoms with E-state index in [2.05, 4.69) is 9.97 Å². The predicted octanol–water partition coefficient (Wildman–Crippen LogP) is 6.21. The molecule has 1 fully saturated rings. The lowest BCUT2D eigenvalue weighted by Gasteiger charge is -2.19. The number of thiazole rings is 1. The summed E-state index contributed by atoms with van der Waals surface area (Å²) < 4.78 is 75.5. The highest BCUT2D eigenvalue weighted by Crippen LogP contribution is 2.42. The van der Waals surface area contributed by atoms with E-state index < -0.39 is 37.9 Å². The zero-order valence-electron chi connectivity index (χ0n) is 19.1. The van der Waals surface area contributed by atoms with Crippen LogP contribution in [0.15, 0.2) is 53.6 Å². The zero-order valence-corrected chi connectivity index (χ0v) is 21.5. The van der Waals surface area contributed by atoms with Gasteiger partial charge in [-0.15, -0.1) is 11.3 Å². The normalized spacial score (nSPS) is 14.7. The number of nitrogens with zero attached hydrogens (tertiary/aromatic N) is 3. The van der Waals surface area contributed by atoms with Crippen LogP contribution in [0.5, 0.6) is 0 Å². The number of benzene rings is 2. The van der Waals surface area contributed by atoms with Crippen molar-refractivity contribution in [3.63, 3.8) is 0 Å². The molecule has 1 aliphatic rings. The molecule has 0 spiro atoms. The zero-order chi connectivity index (χ0) is 26.2. The van der Waals surface area contributed by atoms with Crippen LogP contribution in [0.1, 0.15) is 29.3 Å². The second kappa shape index (κ2) is 10.5. The lowest BCUT2D eigenvalue weighted by molar-refractivity contribution is 0.0853. The van der Waals surface area contributed by atoms with Crippen molar-refractivity contribution in [2.24, 2.45) is 0 Å². The molecular weight excluding hydrogens is 547 g/mol. The lowest BCUT2D eigenvalue weighted by atomic mass is 10.0. The Balaban J connectivity index is 1.60. The Labute approximate surface area is 220 Å². The molecule has 0 radical (unpaired) electrons. The van der Waals surface area contributed by atoms with Crippen molar-refractivity contribution < 1.29 is 26.3 Å². The molecule has 0 atom stereocenters. The number of sulfone groups is 1. The van der Waals surface area contributed by atoms with Crippen molar-refractivity contribution in [2.45, 2.75) is 29.4 Å². The van der Waals surface area contributed by atoms with E-state index in [-0.39, 0.29) is 28.0 Å². The molecule has 0 aliphatic carbocycles. The first-order valence-electron chi connectivity index (χ1n) is 11.3. The molecule has 2 aromatic carbocycles. The maximum atomic E-state index is 15.9. The number of rotatable bonds is 6. The number of halogens is 4. The van der Waals surface area contributed by atoms with Gasteiger partial charge >= 0.3 is 0 Å². The van der Waals surface area contributed by atoms with Crippen molar-refractivity contribution in [1.29, 1.82) is 0 Å². The number of hydrogen-bond donors (Lipinski definition) is 0. The molecule has 0 N–H and O–H groups in total. The maximum Gasteiger partial charge on any atom is 0.222 e. The van der Waals surface area contributed by atoms with Gasteiger partial charge in [-0.05, 0) is 48.7 Å². The fourth-order valence-electron chi connectivity index (χ4n) is 4.20. The standard InChI is InChI=1S/C25H19ClF3N3O3S2/c26-25-30-10-7-19(31-25)22-21(32-24(36-22)14-8-11-35-12-9-14)16-4-1-3-15(20(16)29)13-37(33,34)23-17(27)5-2-6-18(23)28/h1-7,10,14H,8-9,11-13H2. The van der Waals surface area contributed by atoms with Crippen molar-refractivity contribution in [2.75, 3.05) is 13.2 Å². The predicted molar refractivity (Wildman–Crippen MR) is 134 cm³/mol. The molecule has 5 rings (SSSR count). The van der Waals surface area contributed by atoms with Crippen LogP contribution in [0, 0.1) is 17.5 Å². The van der Waals surface area contributed by atoms with E-state index in [1.807, 2.05) is 0 Å². The van der Waals surface area contributed by atoms with E-state index in [1.165, 1.54) is 35.7 Å². The summed E-state index contributed by atoms with van der Waals surface area (Å²) >= 11 is 7.36. The van der Waals surface area contributed by atoms with Gasteiger partial charge in [-0.3, -0.25) is 0 Å². The van der Waals surface area contributed by atoms with E-state index in [9.17, 15) is 17.2 Å². The van der Waals surface area contributed by atoms with Crippen molar-refractivity contribution in [3.8, 4) is 21.8 Å². The molecule has 0 unspecified atom stereocenters. The molecule has 6 nitrogen and oxygen atoms in total. The third kappa shape index (κ3) is 5.26. The van der Waals surface area contributed by atoms with E-state index in [0.29, 0.717) is 23.8 Å². The minimum absolute atomic E-state index is 0.0108. The molecule has 192 valence electrons. The maximum absolute atomic E-state index is 15.9. The van der Waals surface area contributed by atoms with Gasteiger partial charge in [0, 0.05) is 36.5 Å². The highest BCUT2D eigenvalue weighted by atomic mass is 35.5. The highest BCUT2D eigenvalue weighted by Gasteiger charge is 2.29. The molecule has 12 heteroatoms. The third-order valence-corrected chi connectivity index (χ3v) is 9.11. The number of hydrogen-bond acceptors (Lipinski definition) is 7. The van der Waals surface area contributed by atoms with Crippen molar-refractivity contribution >= 4 is 32.8 Å². The topological polar surface area (TPSA) is 82.0 Å². The summed E-state index contributed by atoms with van der Waals surface area (Å²) in [6, 6.07) is 8.59. The second-order valence-corrected chi connectivity index (χ2v) is 11.7. The Morgan fingerprint density at radius 1 is 1.00 bits per heavy atom. The largest absolute Gasteiger partial charge is 0.381 e. The van der Waals surface area contributed by atoms with Gasteiger partial charge in [0.2, 0.25) is 5.28 Å². The average molecular weight is 566 g/mol. The van der Waals surface area contributed by atoms with Crippen LogP contribution < -0.4 is 0 Å². The molecule has 37 heavy (non-hydrogen) atoms. The summed E-state index contributed by atoms with van der Waals surface area (Å²) in [6.45, 7) is 1.17. The Hall–Kier alpha value is -2.86. The summed E-state index contributed by atoms with van der Waals surface area (Å²) in [5, 5.41) is 0.783. The fourth-order valence-corrected chi connectivity index (χ4v) is 7.08. The smallest absolute Gasteiger partial charge is 0.222 e. The van der Waals surface area contributed by atoms with E-state index >= 15 is 4.39 Å². The van der Waals surface area contributed by atoms with Gasteiger partial charge in [-0.25, -0.2) is 36.5 Å². The average Bonchev–Trinajstić information content (AvgIpc) is 3.31. The number of ether oxygens (including phenoxy) is 1. The minimum atomic E-state index is -4.54. The van der Waals surface area contributed by atoms with E-state index in [1.54, 1.807) is 6.07 Å². The summed E-state index contributed by atoms with van der Waals surface area (Å²) in [5.41, 5.74) is 0.514. The SMILES string of the molecule is O=S(=O)(Cc1cccc(-c2nc(C3CCOCC3)sc2-c2ccnc(Cl)n2)c1F)c1c(F)cccc1F. The molecule has 1 aliphatic heterocycles. The van der Waals surface area contributed by atoms with Gasteiger partial charge in [-0.2, -0.15) is 0 Å². The fraction of sp³-hybridized carbons (Fsp3) is 0.240. The Kier molecular flexibility index (Phi) is 7.30. The molecule has 0 amide bonds. The highest BCUT2D eigenvalue weighted by molar-refractivity contribution is 7.90. The van der Waals surface area contributed by atoms with Gasteiger partial charge in [0.05, 0.1) is 27.0 Å². The van der Waals surface area contributed by atoms with Gasteiger partial charge in [0.1, 0.15) is 22.3 Å². The first kappa shape index (κ1) is 25.8. The Bertz CT molecular complexity index is 1550. The Morgan fingerprint density at radius 3 is 2.41 bits per heavy atom. The summed E-state index contributed by atoms with van der Waals surface area (Å²) in [4.78, 5) is 12.4. The van der Waals surface area contributed by atoms with Crippen LogP contribution >= 0.6 is 22.9 Å². The molecular formula is C25H19ClF3N3O3S2. The summed E-state index contributed by atoms with van der Waals surface area (Å²) in [6.07, 6.45) is 2.99. The first-order chi connectivity index (χ1) is 17.7.